The first kappa shape index (κ1) is 11.3. The zero-order valence-corrected chi connectivity index (χ0v) is 9.05. The topological polar surface area (TPSA) is 61.8 Å². The number of carbonyl (C=O) groups excluding carboxylic acids is 2. The van der Waals surface area contributed by atoms with E-state index in [1.807, 2.05) is 0 Å². The fourth-order valence-corrected chi connectivity index (χ4v) is 1.91. The maximum atomic E-state index is 11.3. The molecule has 2 aliphatic rings. The Hall–Kier alpha value is -1.20. The SMILES string of the molecule is CC(=O)/C=C\C(=O)O[C@@H]1CO[C@@H]2CCO[C@@H]21. The number of hydrogen-bond donors (Lipinski definition) is 0. The van der Waals surface area contributed by atoms with E-state index in [2.05, 4.69) is 0 Å². The van der Waals surface area contributed by atoms with Gasteiger partial charge in [-0.25, -0.2) is 4.79 Å². The first-order chi connectivity index (χ1) is 7.66. The van der Waals surface area contributed by atoms with Crippen LogP contribution in [0.4, 0.5) is 0 Å². The van der Waals surface area contributed by atoms with E-state index >= 15 is 0 Å². The molecule has 0 spiro atoms. The predicted octanol–water partition coefficient (Wildman–Crippen LogP) is 0.231. The molecule has 0 aromatic carbocycles. The minimum absolute atomic E-state index is 0.0505. The lowest BCUT2D eigenvalue weighted by Gasteiger charge is -2.15. The summed E-state index contributed by atoms with van der Waals surface area (Å²) >= 11 is 0. The molecule has 2 heterocycles. The van der Waals surface area contributed by atoms with Crippen LogP contribution < -0.4 is 0 Å². The van der Waals surface area contributed by atoms with E-state index in [1.54, 1.807) is 0 Å². The fourth-order valence-electron chi connectivity index (χ4n) is 1.91. The van der Waals surface area contributed by atoms with Gasteiger partial charge in [0.25, 0.3) is 0 Å². The van der Waals surface area contributed by atoms with Crippen LogP contribution in [0.5, 0.6) is 0 Å². The molecule has 88 valence electrons. The zero-order valence-electron chi connectivity index (χ0n) is 9.05. The maximum Gasteiger partial charge on any atom is 0.331 e. The first-order valence-electron chi connectivity index (χ1n) is 5.29. The van der Waals surface area contributed by atoms with Gasteiger partial charge in [0.15, 0.2) is 11.9 Å². The van der Waals surface area contributed by atoms with Crippen molar-refractivity contribution in [2.45, 2.75) is 31.7 Å². The smallest absolute Gasteiger partial charge is 0.331 e. The lowest BCUT2D eigenvalue weighted by molar-refractivity contribution is -0.147. The maximum absolute atomic E-state index is 11.3. The third-order valence-electron chi connectivity index (χ3n) is 2.64. The van der Waals surface area contributed by atoms with Gasteiger partial charge in [-0.15, -0.1) is 0 Å². The van der Waals surface area contributed by atoms with E-state index in [9.17, 15) is 9.59 Å². The summed E-state index contributed by atoms with van der Waals surface area (Å²) in [5, 5.41) is 0. The highest BCUT2D eigenvalue weighted by Crippen LogP contribution is 2.28. The van der Waals surface area contributed by atoms with Gasteiger partial charge in [0.1, 0.15) is 6.10 Å². The lowest BCUT2D eigenvalue weighted by atomic mass is 10.1. The number of carbonyl (C=O) groups is 2. The summed E-state index contributed by atoms with van der Waals surface area (Å²) in [6.07, 6.45) is 2.72. The van der Waals surface area contributed by atoms with Gasteiger partial charge in [-0.05, 0) is 19.4 Å². The second-order valence-electron chi connectivity index (χ2n) is 3.92. The molecule has 0 amide bonds. The Kier molecular flexibility index (Phi) is 3.36. The number of rotatable bonds is 3. The summed E-state index contributed by atoms with van der Waals surface area (Å²) in [7, 11) is 0. The second-order valence-corrected chi connectivity index (χ2v) is 3.92. The van der Waals surface area contributed by atoms with E-state index in [0.29, 0.717) is 13.2 Å². The largest absolute Gasteiger partial charge is 0.454 e. The summed E-state index contributed by atoms with van der Waals surface area (Å²) in [6, 6.07) is 0. The molecule has 0 aromatic rings. The highest BCUT2D eigenvalue weighted by molar-refractivity contribution is 5.94. The molecule has 0 saturated carbocycles. The minimum Gasteiger partial charge on any atom is -0.454 e. The van der Waals surface area contributed by atoms with Crippen LogP contribution in [0.3, 0.4) is 0 Å². The van der Waals surface area contributed by atoms with Crippen molar-refractivity contribution < 1.29 is 23.8 Å². The third-order valence-corrected chi connectivity index (χ3v) is 2.64. The van der Waals surface area contributed by atoms with Crippen molar-refractivity contribution in [2.75, 3.05) is 13.2 Å². The van der Waals surface area contributed by atoms with Gasteiger partial charge in [-0.2, -0.15) is 0 Å². The Balaban J connectivity index is 1.85. The Bertz CT molecular complexity index is 322. The van der Waals surface area contributed by atoms with E-state index in [-0.39, 0.29) is 24.1 Å². The Morgan fingerprint density at radius 3 is 2.88 bits per heavy atom. The normalized spacial score (nSPS) is 32.9. The van der Waals surface area contributed by atoms with Crippen molar-refractivity contribution in [3.63, 3.8) is 0 Å². The molecule has 0 radical (unpaired) electrons. The van der Waals surface area contributed by atoms with Crippen molar-refractivity contribution in [3.8, 4) is 0 Å². The number of ketones is 1. The standard InChI is InChI=1S/C11H14O5/c1-7(12)2-3-10(13)16-9-6-15-8-4-5-14-11(8)9/h2-3,8-9,11H,4-6H2,1H3/b3-2-/t8-,9-,11+/m1/s1. The van der Waals surface area contributed by atoms with Crippen LogP contribution >= 0.6 is 0 Å². The average molecular weight is 226 g/mol. The van der Waals surface area contributed by atoms with Crippen LogP contribution in [0.25, 0.3) is 0 Å². The van der Waals surface area contributed by atoms with E-state index in [1.165, 1.54) is 13.0 Å². The summed E-state index contributed by atoms with van der Waals surface area (Å²) in [6.45, 7) is 2.39. The fraction of sp³-hybridized carbons (Fsp3) is 0.636. The summed E-state index contributed by atoms with van der Waals surface area (Å²) in [4.78, 5) is 21.9. The number of esters is 1. The molecule has 5 heteroatoms. The average Bonchev–Trinajstić information content (AvgIpc) is 2.80. The van der Waals surface area contributed by atoms with Crippen molar-refractivity contribution in [1.29, 1.82) is 0 Å². The van der Waals surface area contributed by atoms with Crippen molar-refractivity contribution >= 4 is 11.8 Å². The van der Waals surface area contributed by atoms with Gasteiger partial charge in [0, 0.05) is 12.7 Å². The molecule has 16 heavy (non-hydrogen) atoms. The van der Waals surface area contributed by atoms with Crippen LogP contribution in [0.2, 0.25) is 0 Å². The molecule has 0 bridgehead atoms. The van der Waals surface area contributed by atoms with Crippen LogP contribution in [0.1, 0.15) is 13.3 Å². The summed E-state index contributed by atoms with van der Waals surface area (Å²) in [5.74, 6) is -0.713. The minimum atomic E-state index is -0.528. The second kappa shape index (κ2) is 4.76. The molecule has 2 saturated heterocycles. The van der Waals surface area contributed by atoms with Crippen LogP contribution in [-0.4, -0.2) is 43.3 Å². The monoisotopic (exact) mass is 226 g/mol. The molecule has 2 aliphatic heterocycles. The molecule has 0 N–H and O–H groups in total. The third kappa shape index (κ3) is 2.48. The van der Waals surface area contributed by atoms with Gasteiger partial charge in [0.05, 0.1) is 12.7 Å². The van der Waals surface area contributed by atoms with Crippen LogP contribution in [0, 0.1) is 0 Å². The Morgan fingerprint density at radius 2 is 2.12 bits per heavy atom. The van der Waals surface area contributed by atoms with Gasteiger partial charge in [-0.1, -0.05) is 0 Å². The quantitative estimate of drug-likeness (QED) is 0.509. The molecule has 2 fully saturated rings. The Labute approximate surface area is 93.4 Å². The van der Waals surface area contributed by atoms with E-state index in [0.717, 1.165) is 12.5 Å². The summed E-state index contributed by atoms with van der Waals surface area (Å²) in [5.41, 5.74) is 0. The molecule has 2 rings (SSSR count). The van der Waals surface area contributed by atoms with Crippen molar-refractivity contribution in [3.05, 3.63) is 12.2 Å². The Morgan fingerprint density at radius 1 is 1.31 bits per heavy atom. The highest BCUT2D eigenvalue weighted by atomic mass is 16.6. The van der Waals surface area contributed by atoms with Gasteiger partial charge >= 0.3 is 5.97 Å². The van der Waals surface area contributed by atoms with Crippen LogP contribution in [-0.2, 0) is 23.8 Å². The molecular weight excluding hydrogens is 212 g/mol. The number of hydrogen-bond acceptors (Lipinski definition) is 5. The number of ether oxygens (including phenoxy) is 3. The van der Waals surface area contributed by atoms with E-state index < -0.39 is 5.97 Å². The van der Waals surface area contributed by atoms with Gasteiger partial charge < -0.3 is 14.2 Å². The first-order valence-corrected chi connectivity index (χ1v) is 5.29. The highest BCUT2D eigenvalue weighted by Gasteiger charge is 2.43. The zero-order chi connectivity index (χ0) is 11.5. The predicted molar refractivity (Wildman–Crippen MR) is 53.8 cm³/mol. The molecule has 0 aromatic heterocycles. The molecule has 0 unspecified atom stereocenters. The van der Waals surface area contributed by atoms with E-state index in [4.69, 9.17) is 14.2 Å². The van der Waals surface area contributed by atoms with Gasteiger partial charge in [0.2, 0.25) is 0 Å². The molecule has 5 nitrogen and oxygen atoms in total. The number of allylic oxidation sites excluding steroid dienone is 1. The van der Waals surface area contributed by atoms with Gasteiger partial charge in [-0.3, -0.25) is 4.79 Å². The molecule has 3 atom stereocenters. The van der Waals surface area contributed by atoms with Crippen molar-refractivity contribution in [2.24, 2.45) is 0 Å². The molecular formula is C11H14O5. The summed E-state index contributed by atoms with van der Waals surface area (Å²) < 4.78 is 16.0. The van der Waals surface area contributed by atoms with Crippen LogP contribution in [0.15, 0.2) is 12.2 Å². The molecule has 0 aliphatic carbocycles. The van der Waals surface area contributed by atoms with Crippen molar-refractivity contribution in [1.82, 2.24) is 0 Å². The lowest BCUT2D eigenvalue weighted by Crippen LogP contribution is -2.31. The number of fused-ring (bicyclic) bond motifs is 1.